The second kappa shape index (κ2) is 4.79. The summed E-state index contributed by atoms with van der Waals surface area (Å²) in [4.78, 5) is 4.65. The lowest BCUT2D eigenvalue weighted by Gasteiger charge is -2.09. The molecule has 1 heterocycles. The number of hydrogen-bond acceptors (Lipinski definition) is 1. The Labute approximate surface area is 105 Å². The fourth-order valence-corrected chi connectivity index (χ4v) is 2.23. The standard InChI is InChI=1S/C14H14BrN/c1-3-11-9-8-10(2)16-14(11)12-6-4-5-7-13(12)15/h4-9H,3H2,1-2H3. The summed E-state index contributed by atoms with van der Waals surface area (Å²) in [7, 11) is 0. The highest BCUT2D eigenvalue weighted by atomic mass is 79.9. The van der Waals surface area contributed by atoms with Gasteiger partial charge in [0.1, 0.15) is 0 Å². The Morgan fingerprint density at radius 1 is 1.12 bits per heavy atom. The van der Waals surface area contributed by atoms with Crippen LogP contribution in [0.4, 0.5) is 0 Å². The van der Waals surface area contributed by atoms with Crippen molar-refractivity contribution in [3.05, 3.63) is 52.1 Å². The normalized spacial score (nSPS) is 10.4. The second-order valence-electron chi connectivity index (χ2n) is 3.79. The minimum absolute atomic E-state index is 1.00. The van der Waals surface area contributed by atoms with Gasteiger partial charge in [0.05, 0.1) is 5.69 Å². The van der Waals surface area contributed by atoms with Crippen molar-refractivity contribution in [3.8, 4) is 11.3 Å². The zero-order valence-electron chi connectivity index (χ0n) is 9.50. The van der Waals surface area contributed by atoms with Gasteiger partial charge in [-0.3, -0.25) is 4.98 Å². The molecular weight excluding hydrogens is 262 g/mol. The third kappa shape index (κ3) is 2.17. The fraction of sp³-hybridized carbons (Fsp3) is 0.214. The summed E-state index contributed by atoms with van der Waals surface area (Å²) < 4.78 is 1.10. The quantitative estimate of drug-likeness (QED) is 0.793. The number of aryl methyl sites for hydroxylation is 2. The number of pyridine rings is 1. The van der Waals surface area contributed by atoms with Gasteiger partial charge in [-0.05, 0) is 31.0 Å². The molecule has 2 rings (SSSR count). The highest BCUT2D eigenvalue weighted by Gasteiger charge is 2.08. The molecule has 0 saturated carbocycles. The molecule has 1 nitrogen and oxygen atoms in total. The molecular formula is C14H14BrN. The zero-order chi connectivity index (χ0) is 11.5. The molecule has 1 aromatic carbocycles. The van der Waals surface area contributed by atoms with Gasteiger partial charge in [-0.1, -0.05) is 47.1 Å². The van der Waals surface area contributed by atoms with Crippen molar-refractivity contribution in [1.29, 1.82) is 0 Å². The minimum Gasteiger partial charge on any atom is -0.253 e. The molecule has 0 aliphatic heterocycles. The number of nitrogens with zero attached hydrogens (tertiary/aromatic N) is 1. The lowest BCUT2D eigenvalue weighted by Crippen LogP contribution is -1.94. The van der Waals surface area contributed by atoms with E-state index in [0.29, 0.717) is 0 Å². The average molecular weight is 276 g/mol. The van der Waals surface area contributed by atoms with Gasteiger partial charge in [-0.2, -0.15) is 0 Å². The maximum Gasteiger partial charge on any atom is 0.0748 e. The largest absolute Gasteiger partial charge is 0.253 e. The second-order valence-corrected chi connectivity index (χ2v) is 4.65. The molecule has 16 heavy (non-hydrogen) atoms. The van der Waals surface area contributed by atoms with Gasteiger partial charge in [0.25, 0.3) is 0 Å². The van der Waals surface area contributed by atoms with Gasteiger partial charge in [0.2, 0.25) is 0 Å². The highest BCUT2D eigenvalue weighted by molar-refractivity contribution is 9.10. The third-order valence-electron chi connectivity index (χ3n) is 2.63. The van der Waals surface area contributed by atoms with Crippen LogP contribution in [0.25, 0.3) is 11.3 Å². The lowest BCUT2D eigenvalue weighted by molar-refractivity contribution is 1.08. The summed E-state index contributed by atoms with van der Waals surface area (Å²) in [6, 6.07) is 12.5. The Kier molecular flexibility index (Phi) is 3.39. The maximum atomic E-state index is 4.65. The molecule has 2 heteroatoms. The lowest BCUT2D eigenvalue weighted by atomic mass is 10.0. The SMILES string of the molecule is CCc1ccc(C)nc1-c1ccccc1Br. The Morgan fingerprint density at radius 2 is 1.88 bits per heavy atom. The maximum absolute atomic E-state index is 4.65. The Morgan fingerprint density at radius 3 is 2.56 bits per heavy atom. The van der Waals surface area contributed by atoms with Gasteiger partial charge < -0.3 is 0 Å². The predicted molar refractivity (Wildman–Crippen MR) is 71.5 cm³/mol. The van der Waals surface area contributed by atoms with Crippen LogP contribution in [-0.2, 0) is 6.42 Å². The number of rotatable bonds is 2. The number of benzene rings is 1. The van der Waals surface area contributed by atoms with E-state index in [0.717, 1.165) is 22.3 Å². The van der Waals surface area contributed by atoms with E-state index >= 15 is 0 Å². The van der Waals surface area contributed by atoms with Crippen LogP contribution in [0.15, 0.2) is 40.9 Å². The first kappa shape index (κ1) is 11.3. The van der Waals surface area contributed by atoms with Crippen molar-refractivity contribution in [1.82, 2.24) is 4.98 Å². The van der Waals surface area contributed by atoms with Crippen molar-refractivity contribution in [2.24, 2.45) is 0 Å². The molecule has 0 amide bonds. The minimum atomic E-state index is 1.00. The summed E-state index contributed by atoms with van der Waals surface area (Å²) in [5, 5.41) is 0. The van der Waals surface area contributed by atoms with E-state index in [4.69, 9.17) is 0 Å². The van der Waals surface area contributed by atoms with Crippen LogP contribution < -0.4 is 0 Å². The molecule has 0 atom stereocenters. The monoisotopic (exact) mass is 275 g/mol. The van der Waals surface area contributed by atoms with E-state index in [1.54, 1.807) is 0 Å². The molecule has 1 aromatic heterocycles. The van der Waals surface area contributed by atoms with E-state index in [9.17, 15) is 0 Å². The molecule has 0 fully saturated rings. The molecule has 0 aliphatic carbocycles. The topological polar surface area (TPSA) is 12.9 Å². The van der Waals surface area contributed by atoms with Crippen LogP contribution in [0.3, 0.4) is 0 Å². The molecule has 0 spiro atoms. The zero-order valence-corrected chi connectivity index (χ0v) is 11.1. The summed E-state index contributed by atoms with van der Waals surface area (Å²) in [5.74, 6) is 0. The molecule has 0 unspecified atom stereocenters. The van der Waals surface area contributed by atoms with Crippen molar-refractivity contribution in [2.75, 3.05) is 0 Å². The Balaban J connectivity index is 2.63. The molecule has 0 bridgehead atoms. The summed E-state index contributed by atoms with van der Waals surface area (Å²) in [5.41, 5.74) is 4.61. The fourth-order valence-electron chi connectivity index (χ4n) is 1.76. The van der Waals surface area contributed by atoms with Gasteiger partial charge in [-0.25, -0.2) is 0 Å². The average Bonchev–Trinajstić information content (AvgIpc) is 2.29. The summed E-state index contributed by atoms with van der Waals surface area (Å²) in [6.45, 7) is 4.19. The molecule has 0 radical (unpaired) electrons. The molecule has 2 aromatic rings. The third-order valence-corrected chi connectivity index (χ3v) is 3.32. The molecule has 0 N–H and O–H groups in total. The predicted octanol–water partition coefficient (Wildman–Crippen LogP) is 4.38. The number of halogens is 1. The van der Waals surface area contributed by atoms with E-state index in [1.165, 1.54) is 11.1 Å². The van der Waals surface area contributed by atoms with E-state index in [-0.39, 0.29) is 0 Å². The first-order valence-electron chi connectivity index (χ1n) is 5.43. The van der Waals surface area contributed by atoms with Gasteiger partial charge in [-0.15, -0.1) is 0 Å². The van der Waals surface area contributed by atoms with Crippen LogP contribution in [0.2, 0.25) is 0 Å². The smallest absolute Gasteiger partial charge is 0.0748 e. The van der Waals surface area contributed by atoms with E-state index < -0.39 is 0 Å². The Hall–Kier alpha value is -1.15. The summed E-state index contributed by atoms with van der Waals surface area (Å²) in [6.07, 6.45) is 1.00. The van der Waals surface area contributed by atoms with Crippen molar-refractivity contribution in [2.45, 2.75) is 20.3 Å². The van der Waals surface area contributed by atoms with Crippen LogP contribution in [-0.4, -0.2) is 4.98 Å². The van der Waals surface area contributed by atoms with Crippen LogP contribution in [0.5, 0.6) is 0 Å². The summed E-state index contributed by atoms with van der Waals surface area (Å²) >= 11 is 3.58. The van der Waals surface area contributed by atoms with Gasteiger partial charge in [0, 0.05) is 15.7 Å². The van der Waals surface area contributed by atoms with E-state index in [2.05, 4.69) is 52.1 Å². The molecule has 0 saturated heterocycles. The van der Waals surface area contributed by atoms with Crippen LogP contribution in [0.1, 0.15) is 18.2 Å². The van der Waals surface area contributed by atoms with Gasteiger partial charge >= 0.3 is 0 Å². The number of hydrogen-bond donors (Lipinski definition) is 0. The first-order valence-corrected chi connectivity index (χ1v) is 6.23. The van der Waals surface area contributed by atoms with Crippen molar-refractivity contribution in [3.63, 3.8) is 0 Å². The molecule has 0 aliphatic rings. The van der Waals surface area contributed by atoms with Crippen molar-refractivity contribution >= 4 is 15.9 Å². The Bertz CT molecular complexity index is 506. The highest BCUT2D eigenvalue weighted by Crippen LogP contribution is 2.29. The molecule has 82 valence electrons. The number of aromatic nitrogens is 1. The van der Waals surface area contributed by atoms with Gasteiger partial charge in [0.15, 0.2) is 0 Å². The first-order chi connectivity index (χ1) is 7.72. The van der Waals surface area contributed by atoms with Crippen LogP contribution >= 0.6 is 15.9 Å². The van der Waals surface area contributed by atoms with Crippen molar-refractivity contribution < 1.29 is 0 Å². The van der Waals surface area contributed by atoms with Crippen LogP contribution in [0, 0.1) is 6.92 Å². The van der Waals surface area contributed by atoms with E-state index in [1.807, 2.05) is 19.1 Å².